The maximum atomic E-state index is 11.6. The molecule has 1 N–H and O–H groups in total. The lowest BCUT2D eigenvalue weighted by Gasteiger charge is -2.01. The van der Waals surface area contributed by atoms with Gasteiger partial charge in [0.25, 0.3) is 5.91 Å². The summed E-state index contributed by atoms with van der Waals surface area (Å²) in [5, 5.41) is 8.90. The van der Waals surface area contributed by atoms with E-state index in [1.165, 1.54) is 23.9 Å². The van der Waals surface area contributed by atoms with Crippen molar-refractivity contribution in [3.05, 3.63) is 41.6 Å². The molecule has 0 fully saturated rings. The lowest BCUT2D eigenvalue weighted by molar-refractivity contribution is 0.0926. The highest BCUT2D eigenvalue weighted by molar-refractivity contribution is 7.15. The van der Waals surface area contributed by atoms with Crippen LogP contribution in [0.2, 0.25) is 0 Å². The third kappa shape index (κ3) is 2.00. The van der Waals surface area contributed by atoms with E-state index in [1.807, 2.05) is 5.38 Å². The molecule has 0 saturated carbocycles. The van der Waals surface area contributed by atoms with E-state index in [1.54, 1.807) is 16.6 Å². The van der Waals surface area contributed by atoms with Crippen molar-refractivity contribution in [2.24, 2.45) is 0 Å². The van der Waals surface area contributed by atoms with Crippen molar-refractivity contribution >= 4 is 22.2 Å². The molecule has 3 rings (SSSR count). The third-order valence-corrected chi connectivity index (χ3v) is 3.38. The van der Waals surface area contributed by atoms with Gasteiger partial charge in [0.05, 0.1) is 12.0 Å². The lowest BCUT2D eigenvalue weighted by Crippen LogP contribution is -2.25. The van der Waals surface area contributed by atoms with E-state index in [-0.39, 0.29) is 5.91 Å². The number of fused-ring (bicyclic) bond motifs is 1. The van der Waals surface area contributed by atoms with Gasteiger partial charge in [-0.15, -0.1) is 11.3 Å². The molecule has 18 heavy (non-hydrogen) atoms. The van der Waals surface area contributed by atoms with E-state index in [0.29, 0.717) is 18.7 Å². The number of nitrogens with one attached hydrogen (secondary N) is 1. The summed E-state index contributed by atoms with van der Waals surface area (Å²) in [6.45, 7) is 0.533. The molecule has 3 heterocycles. The van der Waals surface area contributed by atoms with Crippen LogP contribution in [0.25, 0.3) is 4.96 Å². The monoisotopic (exact) mass is 262 g/mol. The number of amides is 1. The normalized spacial score (nSPS) is 10.9. The number of carbonyl (C=O) groups excluding carboxylic acids is 1. The fourth-order valence-corrected chi connectivity index (χ4v) is 2.47. The fraction of sp³-hybridized carbons (Fsp3) is 0.182. The average Bonchev–Trinajstić information content (AvgIpc) is 3.07. The molecule has 0 saturated heterocycles. The summed E-state index contributed by atoms with van der Waals surface area (Å²) >= 11 is 1.54. The molecule has 0 bridgehead atoms. The fourth-order valence-electron chi connectivity index (χ4n) is 1.64. The summed E-state index contributed by atoms with van der Waals surface area (Å²) in [4.78, 5) is 16.6. The van der Waals surface area contributed by atoms with Gasteiger partial charge in [-0.2, -0.15) is 5.10 Å². The second kappa shape index (κ2) is 4.61. The molecular formula is C11H10N4O2S. The largest absolute Gasteiger partial charge is 0.459 e. The van der Waals surface area contributed by atoms with Crippen molar-refractivity contribution in [3.8, 4) is 0 Å². The van der Waals surface area contributed by atoms with Gasteiger partial charge in [-0.3, -0.25) is 4.79 Å². The van der Waals surface area contributed by atoms with E-state index in [2.05, 4.69) is 15.4 Å². The van der Waals surface area contributed by atoms with Crippen molar-refractivity contribution in [1.82, 2.24) is 19.9 Å². The molecule has 0 atom stereocenters. The number of furan rings is 1. The molecule has 92 valence electrons. The zero-order chi connectivity index (χ0) is 12.4. The zero-order valence-electron chi connectivity index (χ0n) is 9.37. The van der Waals surface area contributed by atoms with Crippen LogP contribution >= 0.6 is 11.3 Å². The Morgan fingerprint density at radius 1 is 1.56 bits per heavy atom. The average molecular weight is 262 g/mol. The Morgan fingerprint density at radius 3 is 3.33 bits per heavy atom. The summed E-state index contributed by atoms with van der Waals surface area (Å²) < 4.78 is 6.78. The molecular weight excluding hydrogens is 252 g/mol. The molecule has 3 aromatic heterocycles. The molecule has 6 nitrogen and oxygen atoms in total. The summed E-state index contributed by atoms with van der Waals surface area (Å²) in [7, 11) is 0. The van der Waals surface area contributed by atoms with E-state index < -0.39 is 0 Å². The van der Waals surface area contributed by atoms with Gasteiger partial charge in [0.1, 0.15) is 6.33 Å². The first kappa shape index (κ1) is 11.0. The number of hydrogen-bond acceptors (Lipinski definition) is 5. The molecule has 1 amide bonds. The quantitative estimate of drug-likeness (QED) is 0.770. The summed E-state index contributed by atoms with van der Waals surface area (Å²) in [6, 6.07) is 3.32. The Hall–Kier alpha value is -2.15. The number of nitrogens with zero attached hydrogens (tertiary/aromatic N) is 3. The van der Waals surface area contributed by atoms with Crippen LogP contribution in [0.3, 0.4) is 0 Å². The number of carbonyl (C=O) groups is 1. The van der Waals surface area contributed by atoms with Gasteiger partial charge in [-0.25, -0.2) is 9.50 Å². The summed E-state index contributed by atoms with van der Waals surface area (Å²) in [5.74, 6) is 0.122. The highest BCUT2D eigenvalue weighted by Crippen LogP contribution is 2.12. The Balaban J connectivity index is 1.59. The smallest absolute Gasteiger partial charge is 0.286 e. The minimum Gasteiger partial charge on any atom is -0.459 e. The molecule has 0 spiro atoms. The van der Waals surface area contributed by atoms with Crippen LogP contribution in [0.1, 0.15) is 16.2 Å². The second-order valence-electron chi connectivity index (χ2n) is 3.66. The number of hydrogen-bond donors (Lipinski definition) is 1. The Kier molecular flexibility index (Phi) is 2.81. The molecule has 7 heteroatoms. The van der Waals surface area contributed by atoms with E-state index in [4.69, 9.17) is 4.42 Å². The van der Waals surface area contributed by atoms with Crippen molar-refractivity contribution in [2.45, 2.75) is 6.42 Å². The predicted molar refractivity (Wildman–Crippen MR) is 65.6 cm³/mol. The van der Waals surface area contributed by atoms with Gasteiger partial charge in [-0.1, -0.05) is 0 Å². The standard InChI is InChI=1S/C11H10N4O2S/c16-10(9-2-1-5-17-9)12-4-3-8-6-18-11-13-7-14-15(8)11/h1-2,5-7H,3-4H2,(H,12,16). The Labute approximate surface area is 106 Å². The molecule has 0 aliphatic carbocycles. The SMILES string of the molecule is O=C(NCCc1csc2ncnn12)c1ccco1. The molecule has 0 unspecified atom stereocenters. The lowest BCUT2D eigenvalue weighted by atomic mass is 10.3. The predicted octanol–water partition coefficient (Wildman–Crippen LogP) is 1.36. The van der Waals surface area contributed by atoms with Crippen molar-refractivity contribution in [3.63, 3.8) is 0 Å². The van der Waals surface area contributed by atoms with Crippen molar-refractivity contribution in [2.75, 3.05) is 6.54 Å². The van der Waals surface area contributed by atoms with E-state index in [9.17, 15) is 4.79 Å². The second-order valence-corrected chi connectivity index (χ2v) is 4.50. The highest BCUT2D eigenvalue weighted by atomic mass is 32.1. The van der Waals surface area contributed by atoms with Gasteiger partial charge in [0, 0.05) is 18.3 Å². The molecule has 0 aliphatic heterocycles. The maximum absolute atomic E-state index is 11.6. The molecule has 0 aromatic carbocycles. The number of thiazole rings is 1. The maximum Gasteiger partial charge on any atom is 0.286 e. The molecule has 0 aliphatic rings. The highest BCUT2D eigenvalue weighted by Gasteiger charge is 2.09. The van der Waals surface area contributed by atoms with Gasteiger partial charge in [0.15, 0.2) is 5.76 Å². The third-order valence-electron chi connectivity index (χ3n) is 2.50. The van der Waals surface area contributed by atoms with Gasteiger partial charge in [-0.05, 0) is 12.1 Å². The first-order valence-electron chi connectivity index (χ1n) is 5.42. The van der Waals surface area contributed by atoms with E-state index in [0.717, 1.165) is 10.7 Å². The van der Waals surface area contributed by atoms with Crippen LogP contribution in [0, 0.1) is 0 Å². The summed E-state index contributed by atoms with van der Waals surface area (Å²) in [6.07, 6.45) is 3.71. The van der Waals surface area contributed by atoms with Gasteiger partial charge < -0.3 is 9.73 Å². The molecule has 0 radical (unpaired) electrons. The van der Waals surface area contributed by atoms with E-state index >= 15 is 0 Å². The summed E-state index contributed by atoms with van der Waals surface area (Å²) in [5.41, 5.74) is 1.03. The first-order chi connectivity index (χ1) is 8.84. The van der Waals surface area contributed by atoms with Crippen LogP contribution in [-0.2, 0) is 6.42 Å². The van der Waals surface area contributed by atoms with Gasteiger partial charge in [0.2, 0.25) is 4.96 Å². The van der Waals surface area contributed by atoms with Crippen LogP contribution in [0.15, 0.2) is 34.5 Å². The minimum absolute atomic E-state index is 0.204. The Morgan fingerprint density at radius 2 is 2.50 bits per heavy atom. The number of rotatable bonds is 4. The van der Waals surface area contributed by atoms with Crippen LogP contribution in [0.5, 0.6) is 0 Å². The van der Waals surface area contributed by atoms with Crippen LogP contribution < -0.4 is 5.32 Å². The number of aromatic nitrogens is 3. The topological polar surface area (TPSA) is 72.4 Å². The Bertz CT molecular complexity index is 656. The minimum atomic E-state index is -0.204. The van der Waals surface area contributed by atoms with Crippen LogP contribution in [0.4, 0.5) is 0 Å². The van der Waals surface area contributed by atoms with Crippen LogP contribution in [-0.4, -0.2) is 27.0 Å². The van der Waals surface area contributed by atoms with Gasteiger partial charge >= 0.3 is 0 Å². The first-order valence-corrected chi connectivity index (χ1v) is 6.30. The van der Waals surface area contributed by atoms with Crippen molar-refractivity contribution < 1.29 is 9.21 Å². The van der Waals surface area contributed by atoms with Crippen molar-refractivity contribution in [1.29, 1.82) is 0 Å². The molecule has 3 aromatic rings. The zero-order valence-corrected chi connectivity index (χ0v) is 10.2.